The molecule has 0 amide bonds. The third-order valence-electron chi connectivity index (χ3n) is 5.27. The van der Waals surface area contributed by atoms with Crippen LogP contribution in [0.4, 0.5) is 0 Å². The highest BCUT2D eigenvalue weighted by Gasteiger charge is 2.24. The summed E-state index contributed by atoms with van der Waals surface area (Å²) < 4.78 is 5.65. The van der Waals surface area contributed by atoms with E-state index in [2.05, 4.69) is 24.1 Å². The lowest BCUT2D eigenvalue weighted by Gasteiger charge is -2.17. The first-order valence-corrected chi connectivity index (χ1v) is 9.83. The summed E-state index contributed by atoms with van der Waals surface area (Å²) in [4.78, 5) is 22.7. The van der Waals surface area contributed by atoms with Crippen LogP contribution in [-0.2, 0) is 17.6 Å². The molecule has 3 atom stereocenters. The summed E-state index contributed by atoms with van der Waals surface area (Å²) in [5.41, 5.74) is 1.26. The minimum atomic E-state index is 0.0179. The van der Waals surface area contributed by atoms with Gasteiger partial charge in [0.15, 0.2) is 0 Å². The van der Waals surface area contributed by atoms with E-state index in [1.54, 1.807) is 11.3 Å². The number of fused-ring (bicyclic) bond motifs is 3. The Morgan fingerprint density at radius 1 is 1.46 bits per heavy atom. The number of hydrogen-bond donors (Lipinski definition) is 2. The van der Waals surface area contributed by atoms with Crippen LogP contribution in [0.1, 0.15) is 55.4 Å². The molecule has 0 aromatic carbocycles. The molecule has 2 aliphatic rings. The number of hydrogen-bond acceptors (Lipinski definition) is 5. The second-order valence-electron chi connectivity index (χ2n) is 7.25. The van der Waals surface area contributed by atoms with Crippen LogP contribution in [0.25, 0.3) is 10.2 Å². The number of ether oxygens (including phenoxy) is 1. The Morgan fingerprint density at radius 2 is 2.33 bits per heavy atom. The standard InChI is InChI=1S/C18H25N3O2S/c1-10-5-6-13-14(8-10)24-18-15(13)17(22)20-16(21-18)11(2)19-9-12-4-3-7-23-12/h10-12,19H,3-9H2,1-2H3,(H,20,21,22)/t10-,11-,12+/m1/s1. The quantitative estimate of drug-likeness (QED) is 0.892. The summed E-state index contributed by atoms with van der Waals surface area (Å²) in [5.74, 6) is 1.44. The largest absolute Gasteiger partial charge is 0.377 e. The molecule has 2 aromatic rings. The first-order chi connectivity index (χ1) is 11.6. The van der Waals surface area contributed by atoms with Crippen molar-refractivity contribution in [3.05, 3.63) is 26.6 Å². The van der Waals surface area contributed by atoms with E-state index in [4.69, 9.17) is 9.72 Å². The van der Waals surface area contributed by atoms with Gasteiger partial charge in [-0.1, -0.05) is 6.92 Å². The fourth-order valence-corrected chi connectivity index (χ4v) is 5.17. The molecular weight excluding hydrogens is 322 g/mol. The van der Waals surface area contributed by atoms with Crippen molar-refractivity contribution in [2.45, 2.75) is 58.1 Å². The Labute approximate surface area is 145 Å². The highest BCUT2D eigenvalue weighted by atomic mass is 32.1. The first kappa shape index (κ1) is 16.2. The summed E-state index contributed by atoms with van der Waals surface area (Å²) in [5, 5.41) is 4.28. The lowest BCUT2D eigenvalue weighted by Crippen LogP contribution is -2.30. The maximum absolute atomic E-state index is 12.6. The molecular formula is C18H25N3O2S. The van der Waals surface area contributed by atoms with Crippen LogP contribution in [0.15, 0.2) is 4.79 Å². The Balaban J connectivity index is 1.59. The number of rotatable bonds is 4. The fourth-order valence-electron chi connectivity index (χ4n) is 3.78. The van der Waals surface area contributed by atoms with Gasteiger partial charge < -0.3 is 15.0 Å². The Kier molecular flexibility index (Phi) is 4.45. The number of thiophene rings is 1. The maximum Gasteiger partial charge on any atom is 0.259 e. The maximum atomic E-state index is 12.6. The van der Waals surface area contributed by atoms with Gasteiger partial charge in [-0.3, -0.25) is 4.79 Å². The SMILES string of the molecule is C[C@@H]1CCc2c(sc3nc([C@@H](C)NC[C@@H]4CCCO4)[nH]c(=O)c23)C1. The lowest BCUT2D eigenvalue weighted by atomic mass is 9.89. The molecule has 6 heteroatoms. The third-order valence-corrected chi connectivity index (χ3v) is 6.42. The zero-order valence-corrected chi connectivity index (χ0v) is 15.2. The molecule has 1 aliphatic heterocycles. The van der Waals surface area contributed by atoms with Crippen LogP contribution in [-0.4, -0.2) is 29.2 Å². The summed E-state index contributed by atoms with van der Waals surface area (Å²) in [6.45, 7) is 6.00. The molecule has 1 aliphatic carbocycles. The van der Waals surface area contributed by atoms with Crippen molar-refractivity contribution in [1.82, 2.24) is 15.3 Å². The number of nitrogens with one attached hydrogen (secondary N) is 2. The highest BCUT2D eigenvalue weighted by molar-refractivity contribution is 7.18. The summed E-state index contributed by atoms with van der Waals surface area (Å²) in [6.07, 6.45) is 5.79. The predicted molar refractivity (Wildman–Crippen MR) is 96.8 cm³/mol. The number of aryl methyl sites for hydroxylation is 1. The number of H-pyrrole nitrogens is 1. The van der Waals surface area contributed by atoms with Crippen molar-refractivity contribution in [3.63, 3.8) is 0 Å². The lowest BCUT2D eigenvalue weighted by molar-refractivity contribution is 0.107. The van der Waals surface area contributed by atoms with Crippen LogP contribution >= 0.6 is 11.3 Å². The molecule has 130 valence electrons. The number of nitrogens with zero attached hydrogens (tertiary/aromatic N) is 1. The van der Waals surface area contributed by atoms with Crippen molar-refractivity contribution in [2.24, 2.45) is 5.92 Å². The summed E-state index contributed by atoms with van der Waals surface area (Å²) in [6, 6.07) is 0.0179. The average molecular weight is 347 g/mol. The molecule has 24 heavy (non-hydrogen) atoms. The molecule has 2 aromatic heterocycles. The molecule has 4 rings (SSSR count). The van der Waals surface area contributed by atoms with Crippen molar-refractivity contribution < 1.29 is 4.74 Å². The molecule has 0 unspecified atom stereocenters. The second-order valence-corrected chi connectivity index (χ2v) is 8.33. The van der Waals surface area contributed by atoms with E-state index < -0.39 is 0 Å². The van der Waals surface area contributed by atoms with Gasteiger partial charge in [-0.15, -0.1) is 11.3 Å². The molecule has 0 saturated carbocycles. The van der Waals surface area contributed by atoms with E-state index >= 15 is 0 Å². The highest BCUT2D eigenvalue weighted by Crippen LogP contribution is 2.35. The van der Waals surface area contributed by atoms with E-state index in [9.17, 15) is 4.79 Å². The third kappa shape index (κ3) is 3.03. The molecule has 3 heterocycles. The van der Waals surface area contributed by atoms with E-state index in [1.165, 1.54) is 16.9 Å². The van der Waals surface area contributed by atoms with Crippen LogP contribution < -0.4 is 10.9 Å². The van der Waals surface area contributed by atoms with E-state index in [1.807, 2.05) is 0 Å². The normalized spacial score (nSPS) is 25.1. The molecule has 2 N–H and O–H groups in total. The summed E-state index contributed by atoms with van der Waals surface area (Å²) >= 11 is 1.71. The van der Waals surface area contributed by atoms with Crippen LogP contribution in [0.2, 0.25) is 0 Å². The van der Waals surface area contributed by atoms with Gasteiger partial charge >= 0.3 is 0 Å². The fraction of sp³-hybridized carbons (Fsp3) is 0.667. The van der Waals surface area contributed by atoms with Gasteiger partial charge in [0.25, 0.3) is 5.56 Å². The first-order valence-electron chi connectivity index (χ1n) is 9.01. The van der Waals surface area contributed by atoms with Crippen molar-refractivity contribution in [2.75, 3.05) is 13.2 Å². The van der Waals surface area contributed by atoms with E-state index in [0.717, 1.165) is 54.9 Å². The Bertz CT molecular complexity index is 791. The molecule has 1 saturated heterocycles. The molecule has 1 fully saturated rings. The minimum Gasteiger partial charge on any atom is -0.377 e. The summed E-state index contributed by atoms with van der Waals surface area (Å²) in [7, 11) is 0. The minimum absolute atomic E-state index is 0.0179. The predicted octanol–water partition coefficient (Wildman–Crippen LogP) is 2.94. The van der Waals surface area contributed by atoms with Crippen molar-refractivity contribution in [1.29, 1.82) is 0 Å². The zero-order chi connectivity index (χ0) is 16.7. The van der Waals surface area contributed by atoms with Gasteiger partial charge in [0.2, 0.25) is 0 Å². The Morgan fingerprint density at radius 3 is 3.12 bits per heavy atom. The van der Waals surface area contributed by atoms with Gasteiger partial charge in [0, 0.05) is 18.0 Å². The zero-order valence-electron chi connectivity index (χ0n) is 14.4. The molecule has 0 radical (unpaired) electrons. The van der Waals surface area contributed by atoms with Crippen LogP contribution in [0.3, 0.4) is 0 Å². The van der Waals surface area contributed by atoms with Crippen LogP contribution in [0, 0.1) is 5.92 Å². The van der Waals surface area contributed by atoms with Gasteiger partial charge in [-0.25, -0.2) is 4.98 Å². The topological polar surface area (TPSA) is 67.0 Å². The van der Waals surface area contributed by atoms with E-state index in [0.29, 0.717) is 12.0 Å². The monoisotopic (exact) mass is 347 g/mol. The molecule has 0 spiro atoms. The van der Waals surface area contributed by atoms with Gasteiger partial charge in [-0.05, 0) is 50.5 Å². The van der Waals surface area contributed by atoms with Crippen molar-refractivity contribution in [3.8, 4) is 0 Å². The van der Waals surface area contributed by atoms with Gasteiger partial charge in [-0.2, -0.15) is 0 Å². The van der Waals surface area contributed by atoms with Crippen molar-refractivity contribution >= 4 is 21.6 Å². The van der Waals surface area contributed by atoms with Crippen LogP contribution in [0.5, 0.6) is 0 Å². The second kappa shape index (κ2) is 6.58. The Hall–Kier alpha value is -1.24. The van der Waals surface area contributed by atoms with E-state index in [-0.39, 0.29) is 11.6 Å². The molecule has 5 nitrogen and oxygen atoms in total. The number of aromatic amines is 1. The average Bonchev–Trinajstić information content (AvgIpc) is 3.18. The molecule has 0 bridgehead atoms. The smallest absolute Gasteiger partial charge is 0.259 e. The number of aromatic nitrogens is 2. The van der Waals surface area contributed by atoms with Gasteiger partial charge in [0.1, 0.15) is 10.7 Å². The van der Waals surface area contributed by atoms with Gasteiger partial charge in [0.05, 0.1) is 17.5 Å².